The van der Waals surface area contributed by atoms with Crippen LogP contribution in [0.2, 0.25) is 0 Å². The van der Waals surface area contributed by atoms with Crippen LogP contribution in [0.1, 0.15) is 13.8 Å². The molecular weight excluding hydrogens is 260 g/mol. The van der Waals surface area contributed by atoms with Crippen LogP contribution in [0, 0.1) is 0 Å². The van der Waals surface area contributed by atoms with Gasteiger partial charge in [-0.25, -0.2) is 8.42 Å². The summed E-state index contributed by atoms with van der Waals surface area (Å²) in [6.07, 6.45) is 0. The van der Waals surface area contributed by atoms with E-state index in [-0.39, 0.29) is 23.2 Å². The van der Waals surface area contributed by atoms with Crippen molar-refractivity contribution in [2.75, 3.05) is 19.6 Å². The van der Waals surface area contributed by atoms with Gasteiger partial charge in [-0.2, -0.15) is 4.31 Å². The summed E-state index contributed by atoms with van der Waals surface area (Å²) in [5.41, 5.74) is 0. The lowest BCUT2D eigenvalue weighted by Crippen LogP contribution is -2.40. The van der Waals surface area contributed by atoms with Crippen molar-refractivity contribution in [2.45, 2.75) is 18.1 Å². The molecule has 1 heterocycles. The molecule has 96 valence electrons. The minimum Gasteiger partial charge on any atom is -0.355 e. The third kappa shape index (κ3) is 3.52. The van der Waals surface area contributed by atoms with Gasteiger partial charge in [0.15, 0.2) is 0 Å². The number of carbonyl (C=O) groups excluding carboxylic acids is 1. The van der Waals surface area contributed by atoms with Gasteiger partial charge in [0.1, 0.15) is 4.21 Å². The van der Waals surface area contributed by atoms with Crippen LogP contribution in [-0.4, -0.2) is 38.3 Å². The quantitative estimate of drug-likeness (QED) is 0.839. The van der Waals surface area contributed by atoms with Gasteiger partial charge in [0.2, 0.25) is 5.91 Å². The molecule has 0 spiro atoms. The van der Waals surface area contributed by atoms with Gasteiger partial charge >= 0.3 is 0 Å². The summed E-state index contributed by atoms with van der Waals surface area (Å²) in [6, 6.07) is 3.22. The van der Waals surface area contributed by atoms with Gasteiger partial charge in [-0.3, -0.25) is 4.79 Å². The Balaban J connectivity index is 2.84. The number of amides is 1. The molecule has 0 aromatic carbocycles. The SMILES string of the molecule is CCNC(=O)CN(CC)S(=O)(=O)c1cccs1. The van der Waals surface area contributed by atoms with Crippen LogP contribution in [0.4, 0.5) is 0 Å². The number of carbonyl (C=O) groups is 1. The minimum absolute atomic E-state index is 0.134. The lowest BCUT2D eigenvalue weighted by Gasteiger charge is -2.18. The van der Waals surface area contributed by atoms with E-state index >= 15 is 0 Å². The van der Waals surface area contributed by atoms with Crippen molar-refractivity contribution in [1.82, 2.24) is 9.62 Å². The van der Waals surface area contributed by atoms with E-state index in [2.05, 4.69) is 5.32 Å². The molecule has 0 saturated carbocycles. The van der Waals surface area contributed by atoms with Gasteiger partial charge in [-0.15, -0.1) is 11.3 Å². The fraction of sp³-hybridized carbons (Fsp3) is 0.500. The highest BCUT2D eigenvalue weighted by Crippen LogP contribution is 2.20. The van der Waals surface area contributed by atoms with E-state index in [1.807, 2.05) is 0 Å². The Morgan fingerprint density at radius 1 is 1.47 bits per heavy atom. The summed E-state index contributed by atoms with van der Waals surface area (Å²) in [4.78, 5) is 11.4. The maximum atomic E-state index is 12.1. The normalized spacial score (nSPS) is 11.7. The van der Waals surface area contributed by atoms with Crippen molar-refractivity contribution < 1.29 is 13.2 Å². The van der Waals surface area contributed by atoms with E-state index in [4.69, 9.17) is 0 Å². The molecule has 1 N–H and O–H groups in total. The molecule has 1 rings (SSSR count). The van der Waals surface area contributed by atoms with Crippen molar-refractivity contribution in [3.05, 3.63) is 17.5 Å². The standard InChI is InChI=1S/C10H16N2O3S2/c1-3-11-9(13)8-12(4-2)17(14,15)10-6-5-7-16-10/h5-7H,3-4,8H2,1-2H3,(H,11,13). The second-order valence-electron chi connectivity index (χ2n) is 3.32. The second-order valence-corrected chi connectivity index (χ2v) is 6.43. The molecule has 0 radical (unpaired) electrons. The highest BCUT2D eigenvalue weighted by atomic mass is 32.2. The summed E-state index contributed by atoms with van der Waals surface area (Å²) in [6.45, 7) is 4.14. The second kappa shape index (κ2) is 6.13. The number of thiophene rings is 1. The number of rotatable bonds is 6. The van der Waals surface area contributed by atoms with E-state index in [1.54, 1.807) is 31.4 Å². The predicted molar refractivity (Wildman–Crippen MR) is 67.4 cm³/mol. The zero-order chi connectivity index (χ0) is 12.9. The van der Waals surface area contributed by atoms with Gasteiger partial charge < -0.3 is 5.32 Å². The number of nitrogens with zero attached hydrogens (tertiary/aromatic N) is 1. The molecule has 0 unspecified atom stereocenters. The van der Waals surface area contributed by atoms with Crippen LogP contribution < -0.4 is 5.32 Å². The maximum Gasteiger partial charge on any atom is 0.253 e. The van der Waals surface area contributed by atoms with Gasteiger partial charge in [0.05, 0.1) is 6.54 Å². The number of hydrogen-bond donors (Lipinski definition) is 1. The zero-order valence-corrected chi connectivity index (χ0v) is 11.5. The molecule has 1 aromatic heterocycles. The Morgan fingerprint density at radius 3 is 2.65 bits per heavy atom. The van der Waals surface area contributed by atoms with Gasteiger partial charge in [-0.05, 0) is 18.4 Å². The molecule has 1 aromatic rings. The van der Waals surface area contributed by atoms with Crippen molar-refractivity contribution in [3.63, 3.8) is 0 Å². The molecule has 17 heavy (non-hydrogen) atoms. The highest BCUT2D eigenvalue weighted by Gasteiger charge is 2.25. The molecule has 0 aliphatic rings. The number of likely N-dealkylation sites (N-methyl/N-ethyl adjacent to an activating group) is 2. The molecule has 5 nitrogen and oxygen atoms in total. The van der Waals surface area contributed by atoms with E-state index in [0.29, 0.717) is 6.54 Å². The molecule has 0 atom stereocenters. The number of sulfonamides is 1. The van der Waals surface area contributed by atoms with Gasteiger partial charge in [0, 0.05) is 13.1 Å². The topological polar surface area (TPSA) is 66.5 Å². The van der Waals surface area contributed by atoms with Crippen LogP contribution >= 0.6 is 11.3 Å². The Kier molecular flexibility index (Phi) is 5.10. The van der Waals surface area contributed by atoms with Gasteiger partial charge in [-0.1, -0.05) is 13.0 Å². The lowest BCUT2D eigenvalue weighted by atomic mass is 10.5. The lowest BCUT2D eigenvalue weighted by molar-refractivity contribution is -0.121. The van der Waals surface area contributed by atoms with E-state index in [9.17, 15) is 13.2 Å². The zero-order valence-electron chi connectivity index (χ0n) is 9.84. The molecule has 0 aliphatic carbocycles. The van der Waals surface area contributed by atoms with Crippen molar-refractivity contribution in [3.8, 4) is 0 Å². The first-order chi connectivity index (χ1) is 8.02. The van der Waals surface area contributed by atoms with Crippen LogP contribution in [-0.2, 0) is 14.8 Å². The highest BCUT2D eigenvalue weighted by molar-refractivity contribution is 7.91. The monoisotopic (exact) mass is 276 g/mol. The molecule has 0 fully saturated rings. The largest absolute Gasteiger partial charge is 0.355 e. The van der Waals surface area contributed by atoms with Gasteiger partial charge in [0.25, 0.3) is 10.0 Å². The molecular formula is C10H16N2O3S2. The van der Waals surface area contributed by atoms with Crippen LogP contribution in [0.5, 0.6) is 0 Å². The van der Waals surface area contributed by atoms with E-state index in [1.165, 1.54) is 4.31 Å². The van der Waals surface area contributed by atoms with Crippen molar-refractivity contribution in [1.29, 1.82) is 0 Å². The van der Waals surface area contributed by atoms with Crippen LogP contribution in [0.3, 0.4) is 0 Å². The average molecular weight is 276 g/mol. The fourth-order valence-corrected chi connectivity index (χ4v) is 3.87. The third-order valence-electron chi connectivity index (χ3n) is 2.14. The van der Waals surface area contributed by atoms with E-state index < -0.39 is 10.0 Å². The Labute approximate surface area is 105 Å². The summed E-state index contributed by atoms with van der Waals surface area (Å²) < 4.78 is 25.7. The Morgan fingerprint density at radius 2 is 2.18 bits per heavy atom. The molecule has 0 aliphatic heterocycles. The van der Waals surface area contributed by atoms with E-state index in [0.717, 1.165) is 11.3 Å². The predicted octanol–water partition coefficient (Wildman–Crippen LogP) is 0.895. The smallest absolute Gasteiger partial charge is 0.253 e. The Bertz CT molecular complexity index is 454. The third-order valence-corrected chi connectivity index (χ3v) is 5.43. The first kappa shape index (κ1) is 14.1. The first-order valence-electron chi connectivity index (χ1n) is 5.32. The van der Waals surface area contributed by atoms with Crippen LogP contribution in [0.25, 0.3) is 0 Å². The molecule has 1 amide bonds. The Hall–Kier alpha value is -0.920. The summed E-state index contributed by atoms with van der Waals surface area (Å²) in [5, 5.41) is 4.29. The minimum atomic E-state index is -3.53. The first-order valence-corrected chi connectivity index (χ1v) is 7.64. The molecule has 7 heteroatoms. The summed E-state index contributed by atoms with van der Waals surface area (Å²) in [7, 11) is -3.53. The van der Waals surface area contributed by atoms with Crippen molar-refractivity contribution in [2.24, 2.45) is 0 Å². The number of nitrogens with one attached hydrogen (secondary N) is 1. The summed E-state index contributed by atoms with van der Waals surface area (Å²) >= 11 is 1.15. The average Bonchev–Trinajstić information content (AvgIpc) is 2.80. The summed E-state index contributed by atoms with van der Waals surface area (Å²) in [5.74, 6) is -0.283. The van der Waals surface area contributed by atoms with Crippen molar-refractivity contribution >= 4 is 27.3 Å². The molecule has 0 saturated heterocycles. The maximum absolute atomic E-state index is 12.1. The fourth-order valence-electron chi connectivity index (χ4n) is 1.32. The number of hydrogen-bond acceptors (Lipinski definition) is 4. The van der Waals surface area contributed by atoms with Crippen LogP contribution in [0.15, 0.2) is 21.7 Å². The molecule has 0 bridgehead atoms.